The Hall–Kier alpha value is -3.10. The lowest BCUT2D eigenvalue weighted by Gasteiger charge is -2.06. The molecule has 4 aromatic rings. The van der Waals surface area contributed by atoms with Crippen LogP contribution in [-0.2, 0) is 0 Å². The maximum Gasteiger partial charge on any atom is 0.257 e. The molecule has 2 heterocycles. The number of hydrogen-bond acceptors (Lipinski definition) is 6. The zero-order chi connectivity index (χ0) is 20.5. The molecule has 0 bridgehead atoms. The zero-order valence-electron chi connectivity index (χ0n) is 16.0. The van der Waals surface area contributed by atoms with Gasteiger partial charge in [0.25, 0.3) is 5.91 Å². The number of aryl methyl sites for hydroxylation is 2. The van der Waals surface area contributed by atoms with Crippen LogP contribution in [0.1, 0.15) is 27.2 Å². The lowest BCUT2D eigenvalue weighted by Crippen LogP contribution is -2.11. The van der Waals surface area contributed by atoms with Crippen molar-refractivity contribution < 1.29 is 4.79 Å². The lowest BCUT2D eigenvalue weighted by molar-refractivity contribution is 0.102. The molecule has 0 unspecified atom stereocenters. The second-order valence-corrected chi connectivity index (χ2v) is 7.78. The van der Waals surface area contributed by atoms with Gasteiger partial charge in [-0.1, -0.05) is 22.9 Å². The molecule has 0 aliphatic carbocycles. The molecule has 0 spiro atoms. The summed E-state index contributed by atoms with van der Waals surface area (Å²) in [6, 6.07) is 12.7. The number of carbonyl (C=O) groups is 1. The van der Waals surface area contributed by atoms with E-state index in [1.165, 1.54) is 11.1 Å². The third-order valence-electron chi connectivity index (χ3n) is 4.59. The molecule has 29 heavy (non-hydrogen) atoms. The molecule has 0 fully saturated rings. The Balaban J connectivity index is 1.57. The van der Waals surface area contributed by atoms with Gasteiger partial charge in [0.05, 0.1) is 11.4 Å². The van der Waals surface area contributed by atoms with E-state index in [0.29, 0.717) is 27.2 Å². The second kappa shape index (κ2) is 7.73. The van der Waals surface area contributed by atoms with Gasteiger partial charge < -0.3 is 0 Å². The first-order chi connectivity index (χ1) is 13.9. The molecule has 4 rings (SSSR count). The molecule has 0 aliphatic heterocycles. The number of rotatable bonds is 4. The predicted octanol–water partition coefficient (Wildman–Crippen LogP) is 4.62. The molecule has 7 nitrogen and oxygen atoms in total. The third-order valence-corrected chi connectivity index (χ3v) is 5.48. The van der Waals surface area contributed by atoms with Crippen molar-refractivity contribution in [2.24, 2.45) is 0 Å². The Morgan fingerprint density at radius 3 is 2.55 bits per heavy atom. The summed E-state index contributed by atoms with van der Waals surface area (Å²) in [5, 5.41) is 12.2. The molecular formula is C20H17ClN6OS. The Bertz CT molecular complexity index is 1200. The summed E-state index contributed by atoms with van der Waals surface area (Å²) >= 11 is 6.95. The molecule has 0 aliphatic rings. The highest BCUT2D eigenvalue weighted by Crippen LogP contribution is 2.24. The lowest BCUT2D eigenvalue weighted by atomic mass is 10.1. The van der Waals surface area contributed by atoms with E-state index >= 15 is 0 Å². The van der Waals surface area contributed by atoms with Crippen molar-refractivity contribution in [2.75, 3.05) is 5.32 Å². The van der Waals surface area contributed by atoms with Gasteiger partial charge in [-0.25, -0.2) is 4.68 Å². The van der Waals surface area contributed by atoms with E-state index in [0.717, 1.165) is 22.9 Å². The van der Waals surface area contributed by atoms with Crippen molar-refractivity contribution in [1.29, 1.82) is 0 Å². The van der Waals surface area contributed by atoms with Crippen molar-refractivity contribution in [2.45, 2.75) is 20.8 Å². The average molecular weight is 425 g/mol. The molecule has 0 atom stereocenters. The SMILES string of the molecule is Cc1ccc(-n2nnc(-c3nsc(NC(=O)c4ccc(Cl)cc4)n3)c2C)cc1C. The van der Waals surface area contributed by atoms with E-state index < -0.39 is 0 Å². The van der Waals surface area contributed by atoms with Crippen LogP contribution in [0, 0.1) is 20.8 Å². The maximum atomic E-state index is 12.3. The van der Waals surface area contributed by atoms with Crippen LogP contribution in [0.3, 0.4) is 0 Å². The highest BCUT2D eigenvalue weighted by Gasteiger charge is 2.18. The number of carbonyl (C=O) groups excluding carboxylic acids is 1. The maximum absolute atomic E-state index is 12.3. The zero-order valence-corrected chi connectivity index (χ0v) is 17.5. The summed E-state index contributed by atoms with van der Waals surface area (Å²) in [6.07, 6.45) is 0. The number of benzene rings is 2. The largest absolute Gasteiger partial charge is 0.297 e. The Morgan fingerprint density at radius 1 is 1.07 bits per heavy atom. The van der Waals surface area contributed by atoms with Crippen LogP contribution >= 0.6 is 23.1 Å². The van der Waals surface area contributed by atoms with Gasteiger partial charge in [0.1, 0.15) is 0 Å². The first kappa shape index (κ1) is 19.2. The average Bonchev–Trinajstić information content (AvgIpc) is 3.31. The molecule has 0 radical (unpaired) electrons. The standard InChI is InChI=1S/C20H17ClN6OS/c1-11-4-9-16(10-12(11)2)27-13(3)17(24-26-27)18-22-20(29-25-18)23-19(28)14-5-7-15(21)8-6-14/h4-10H,1-3H3,(H,22,23,25,28). The van der Waals surface area contributed by atoms with E-state index in [1.54, 1.807) is 28.9 Å². The number of halogens is 1. The minimum absolute atomic E-state index is 0.278. The molecule has 1 amide bonds. The Morgan fingerprint density at radius 2 is 1.83 bits per heavy atom. The highest BCUT2D eigenvalue weighted by atomic mass is 35.5. The fourth-order valence-electron chi connectivity index (χ4n) is 2.78. The molecule has 1 N–H and O–H groups in total. The molecule has 0 saturated carbocycles. The van der Waals surface area contributed by atoms with Crippen LogP contribution in [0.5, 0.6) is 0 Å². The van der Waals surface area contributed by atoms with Gasteiger partial charge in [-0.15, -0.1) is 5.10 Å². The quantitative estimate of drug-likeness (QED) is 0.516. The van der Waals surface area contributed by atoms with Gasteiger partial charge in [0.15, 0.2) is 11.5 Å². The highest BCUT2D eigenvalue weighted by molar-refractivity contribution is 7.10. The fourth-order valence-corrected chi connectivity index (χ4v) is 3.47. The topological polar surface area (TPSA) is 85.6 Å². The predicted molar refractivity (Wildman–Crippen MR) is 114 cm³/mol. The van der Waals surface area contributed by atoms with Gasteiger partial charge in [-0.3, -0.25) is 10.1 Å². The number of amides is 1. The minimum Gasteiger partial charge on any atom is -0.297 e. The molecule has 2 aromatic heterocycles. The van der Waals surface area contributed by atoms with Crippen LogP contribution in [0.2, 0.25) is 5.02 Å². The molecule has 0 saturated heterocycles. The fraction of sp³-hybridized carbons (Fsp3) is 0.150. The van der Waals surface area contributed by atoms with Gasteiger partial charge in [0.2, 0.25) is 5.13 Å². The van der Waals surface area contributed by atoms with Crippen molar-refractivity contribution in [3.8, 4) is 17.2 Å². The second-order valence-electron chi connectivity index (χ2n) is 6.59. The summed E-state index contributed by atoms with van der Waals surface area (Å²) in [5.74, 6) is 0.147. The van der Waals surface area contributed by atoms with Gasteiger partial charge in [-0.2, -0.15) is 9.36 Å². The monoisotopic (exact) mass is 424 g/mol. The summed E-state index contributed by atoms with van der Waals surface area (Å²) in [4.78, 5) is 16.7. The summed E-state index contributed by atoms with van der Waals surface area (Å²) in [7, 11) is 0. The molecule has 2 aromatic carbocycles. The van der Waals surface area contributed by atoms with E-state index in [1.807, 2.05) is 13.0 Å². The first-order valence-electron chi connectivity index (χ1n) is 8.83. The van der Waals surface area contributed by atoms with E-state index in [4.69, 9.17) is 11.6 Å². The van der Waals surface area contributed by atoms with Crippen LogP contribution in [0.4, 0.5) is 5.13 Å². The van der Waals surface area contributed by atoms with Crippen molar-refractivity contribution >= 4 is 34.2 Å². The van der Waals surface area contributed by atoms with Crippen LogP contribution in [0.15, 0.2) is 42.5 Å². The van der Waals surface area contributed by atoms with Crippen molar-refractivity contribution in [3.63, 3.8) is 0 Å². The van der Waals surface area contributed by atoms with E-state index in [-0.39, 0.29) is 5.91 Å². The van der Waals surface area contributed by atoms with Gasteiger partial charge >= 0.3 is 0 Å². The number of nitrogens with zero attached hydrogens (tertiary/aromatic N) is 5. The third kappa shape index (κ3) is 3.90. The van der Waals surface area contributed by atoms with Gasteiger partial charge in [-0.05, 0) is 68.3 Å². The summed E-state index contributed by atoms with van der Waals surface area (Å²) < 4.78 is 6.08. The minimum atomic E-state index is -0.278. The summed E-state index contributed by atoms with van der Waals surface area (Å²) in [6.45, 7) is 6.04. The number of nitrogens with one attached hydrogen (secondary N) is 1. The number of hydrogen-bond donors (Lipinski definition) is 1. The van der Waals surface area contributed by atoms with Crippen molar-refractivity contribution in [1.82, 2.24) is 24.4 Å². The van der Waals surface area contributed by atoms with E-state index in [2.05, 4.69) is 51.0 Å². The van der Waals surface area contributed by atoms with Crippen molar-refractivity contribution in [3.05, 3.63) is 69.9 Å². The van der Waals surface area contributed by atoms with Crippen LogP contribution < -0.4 is 5.32 Å². The molecular weight excluding hydrogens is 408 g/mol. The van der Waals surface area contributed by atoms with Crippen LogP contribution in [0.25, 0.3) is 17.2 Å². The number of anilines is 1. The number of aromatic nitrogens is 5. The molecule has 9 heteroatoms. The molecule has 146 valence electrons. The van der Waals surface area contributed by atoms with Crippen LogP contribution in [-0.4, -0.2) is 30.3 Å². The first-order valence-corrected chi connectivity index (χ1v) is 9.98. The van der Waals surface area contributed by atoms with E-state index in [9.17, 15) is 4.79 Å². The van der Waals surface area contributed by atoms with Gasteiger partial charge in [0, 0.05) is 22.1 Å². The summed E-state index contributed by atoms with van der Waals surface area (Å²) in [5.41, 5.74) is 5.21. The smallest absolute Gasteiger partial charge is 0.257 e. The Kier molecular flexibility index (Phi) is 5.12. The Labute approximate surface area is 176 Å². The normalized spacial score (nSPS) is 10.9.